The molecule has 1 aromatic rings. The Hall–Kier alpha value is -0.330. The van der Waals surface area contributed by atoms with Crippen molar-refractivity contribution in [2.45, 2.75) is 20.8 Å². The maximum Gasteiger partial charge on any atom is 0.382 e. The number of thiazole rings is 1. The molecule has 0 spiro atoms. The minimum Gasteiger partial charge on any atom is -0.396 e. The summed E-state index contributed by atoms with van der Waals surface area (Å²) in [4.78, 5) is 15.1. The zero-order valence-electron chi connectivity index (χ0n) is 9.84. The molecule has 1 rings (SSSR count). The highest BCUT2D eigenvalue weighted by molar-refractivity contribution is 8.07. The van der Waals surface area contributed by atoms with Crippen LogP contribution in [-0.2, 0) is 20.9 Å². The van der Waals surface area contributed by atoms with Crippen molar-refractivity contribution in [3.8, 4) is 5.19 Å². The Morgan fingerprint density at radius 2 is 2.06 bits per heavy atom. The van der Waals surface area contributed by atoms with Gasteiger partial charge in [0.15, 0.2) is 5.78 Å². The van der Waals surface area contributed by atoms with Crippen molar-refractivity contribution < 1.29 is 18.4 Å². The molecule has 5 nitrogen and oxygen atoms in total. The van der Waals surface area contributed by atoms with Gasteiger partial charge in [-0.2, -0.15) is 4.98 Å². The maximum absolute atomic E-state index is 11.1. The molecule has 0 saturated heterocycles. The maximum atomic E-state index is 11.1. The van der Waals surface area contributed by atoms with Crippen molar-refractivity contribution in [3.63, 3.8) is 0 Å². The zero-order chi connectivity index (χ0) is 12.9. The predicted molar refractivity (Wildman–Crippen MR) is 70.3 cm³/mol. The number of hydrogen-bond donors (Lipinski definition) is 0. The Balaban J connectivity index is 2.78. The molecule has 96 valence electrons. The van der Waals surface area contributed by atoms with Crippen LogP contribution >= 0.6 is 18.1 Å². The van der Waals surface area contributed by atoms with E-state index >= 15 is 0 Å². The summed E-state index contributed by atoms with van der Waals surface area (Å²) in [5, 5.41) is 1.93. The van der Waals surface area contributed by atoms with Crippen LogP contribution in [0.25, 0.3) is 0 Å². The minimum atomic E-state index is -2.79. The third kappa shape index (κ3) is 4.44. The van der Waals surface area contributed by atoms with Gasteiger partial charge >= 0.3 is 6.72 Å². The summed E-state index contributed by atoms with van der Waals surface area (Å²) >= 11 is 6.39. The first-order chi connectivity index (χ1) is 8.00. The van der Waals surface area contributed by atoms with Gasteiger partial charge in [-0.3, -0.25) is 13.8 Å². The van der Waals surface area contributed by atoms with Crippen LogP contribution in [0, 0.1) is 0 Å². The molecular formula is C9H14NO4PS2. The molecule has 8 heteroatoms. The van der Waals surface area contributed by atoms with Crippen LogP contribution < -0.4 is 4.52 Å². The molecule has 0 fully saturated rings. The first-order valence-corrected chi connectivity index (χ1v) is 8.49. The van der Waals surface area contributed by atoms with Crippen LogP contribution in [-0.4, -0.2) is 24.0 Å². The Bertz CT molecular complexity index is 424. The first-order valence-electron chi connectivity index (χ1n) is 5.06. The summed E-state index contributed by atoms with van der Waals surface area (Å²) < 4.78 is 16.1. The average Bonchev–Trinajstić information content (AvgIpc) is 2.66. The Kier molecular flexibility index (Phi) is 5.69. The van der Waals surface area contributed by atoms with Gasteiger partial charge in [-0.15, -0.1) is 0 Å². The van der Waals surface area contributed by atoms with E-state index in [-0.39, 0.29) is 5.78 Å². The fourth-order valence-corrected chi connectivity index (χ4v) is 4.04. The molecule has 0 atom stereocenters. The van der Waals surface area contributed by atoms with Gasteiger partial charge in [-0.05, 0) is 13.8 Å². The number of carbonyl (C=O) groups is 1. The Morgan fingerprint density at radius 3 is 2.47 bits per heavy atom. The molecule has 0 bridgehead atoms. The molecule has 0 aliphatic heterocycles. The van der Waals surface area contributed by atoms with Gasteiger partial charge in [-0.25, -0.2) is 0 Å². The molecule has 0 unspecified atom stereocenters. The van der Waals surface area contributed by atoms with Crippen molar-refractivity contribution in [3.05, 3.63) is 11.1 Å². The van der Waals surface area contributed by atoms with Crippen molar-refractivity contribution in [2.75, 3.05) is 13.2 Å². The van der Waals surface area contributed by atoms with E-state index in [1.165, 1.54) is 18.3 Å². The largest absolute Gasteiger partial charge is 0.396 e. The number of hydrogen-bond acceptors (Lipinski definition) is 7. The molecular weight excluding hydrogens is 281 g/mol. The first kappa shape index (κ1) is 14.7. The number of aromatic nitrogens is 1. The van der Waals surface area contributed by atoms with Crippen LogP contribution in [0.5, 0.6) is 5.19 Å². The topological polar surface area (TPSA) is 57.6 Å². The number of carbonyl (C=O) groups excluding carboxylic acids is 1. The van der Waals surface area contributed by atoms with E-state index in [4.69, 9.17) is 25.4 Å². The monoisotopic (exact) mass is 295 g/mol. The van der Waals surface area contributed by atoms with E-state index in [9.17, 15) is 4.79 Å². The summed E-state index contributed by atoms with van der Waals surface area (Å²) in [6, 6.07) is 0. The van der Waals surface area contributed by atoms with Crippen molar-refractivity contribution in [1.29, 1.82) is 0 Å². The van der Waals surface area contributed by atoms with Gasteiger partial charge in [0.1, 0.15) is 5.69 Å². The quantitative estimate of drug-likeness (QED) is 0.569. The van der Waals surface area contributed by atoms with Gasteiger partial charge in [-0.1, -0.05) is 11.3 Å². The second-order valence-electron chi connectivity index (χ2n) is 2.93. The second kappa shape index (κ2) is 6.56. The van der Waals surface area contributed by atoms with E-state index in [0.29, 0.717) is 24.1 Å². The Labute approximate surface area is 109 Å². The fourth-order valence-electron chi connectivity index (χ4n) is 0.963. The standard InChI is InChI=1S/C9H14NO4PS2/c1-4-12-15(16,13-5-2)14-9-10-8(6-17-9)7(3)11/h6H,4-5H2,1-3H3. The van der Waals surface area contributed by atoms with E-state index < -0.39 is 6.72 Å². The Morgan fingerprint density at radius 1 is 1.47 bits per heavy atom. The van der Waals surface area contributed by atoms with Crippen molar-refractivity contribution in [1.82, 2.24) is 4.98 Å². The van der Waals surface area contributed by atoms with Crippen LogP contribution in [0.2, 0.25) is 0 Å². The van der Waals surface area contributed by atoms with Crippen LogP contribution in [0.15, 0.2) is 5.38 Å². The summed E-state index contributed by atoms with van der Waals surface area (Å²) in [5.41, 5.74) is 0.361. The van der Waals surface area contributed by atoms with E-state index in [1.807, 2.05) is 13.8 Å². The van der Waals surface area contributed by atoms with Gasteiger partial charge in [0.05, 0.1) is 13.2 Å². The normalized spacial score (nSPS) is 11.5. The molecule has 0 amide bonds. The number of Topliss-reactive ketones (excluding diaryl/α,β-unsaturated/α-hetero) is 1. The highest BCUT2D eigenvalue weighted by Gasteiger charge is 2.23. The molecule has 0 saturated carbocycles. The minimum absolute atomic E-state index is 0.114. The van der Waals surface area contributed by atoms with Crippen LogP contribution in [0.1, 0.15) is 31.3 Å². The van der Waals surface area contributed by atoms with Crippen LogP contribution in [0.3, 0.4) is 0 Å². The molecule has 0 N–H and O–H groups in total. The van der Waals surface area contributed by atoms with Gasteiger partial charge in [0.2, 0.25) is 0 Å². The smallest absolute Gasteiger partial charge is 0.382 e. The fraction of sp³-hybridized carbons (Fsp3) is 0.556. The molecule has 17 heavy (non-hydrogen) atoms. The van der Waals surface area contributed by atoms with E-state index in [0.717, 1.165) is 0 Å². The summed E-state index contributed by atoms with van der Waals surface area (Å²) in [6.07, 6.45) is 0. The van der Waals surface area contributed by atoms with Gasteiger partial charge in [0, 0.05) is 24.1 Å². The second-order valence-corrected chi connectivity index (χ2v) is 6.68. The number of rotatable bonds is 7. The van der Waals surface area contributed by atoms with E-state index in [2.05, 4.69) is 4.98 Å². The van der Waals surface area contributed by atoms with Crippen LogP contribution in [0.4, 0.5) is 0 Å². The van der Waals surface area contributed by atoms with Gasteiger partial charge in [0.25, 0.3) is 5.19 Å². The highest BCUT2D eigenvalue weighted by Crippen LogP contribution is 2.50. The molecule has 1 heterocycles. The average molecular weight is 295 g/mol. The zero-order valence-corrected chi connectivity index (χ0v) is 12.4. The highest BCUT2D eigenvalue weighted by atomic mass is 32.5. The van der Waals surface area contributed by atoms with Crippen molar-refractivity contribution >= 4 is 35.6 Å². The van der Waals surface area contributed by atoms with Gasteiger partial charge < -0.3 is 4.52 Å². The predicted octanol–water partition coefficient (Wildman–Crippen LogP) is 3.02. The summed E-state index contributed by atoms with van der Waals surface area (Å²) in [6.45, 7) is 3.09. The lowest BCUT2D eigenvalue weighted by Crippen LogP contribution is -2.02. The lowest BCUT2D eigenvalue weighted by atomic mass is 10.4. The summed E-state index contributed by atoms with van der Waals surface area (Å²) in [5.74, 6) is -0.114. The third-order valence-corrected chi connectivity index (χ3v) is 4.85. The van der Waals surface area contributed by atoms with Crippen molar-refractivity contribution in [2.24, 2.45) is 0 Å². The summed E-state index contributed by atoms with van der Waals surface area (Å²) in [7, 11) is 0. The van der Waals surface area contributed by atoms with E-state index in [1.54, 1.807) is 5.38 Å². The third-order valence-electron chi connectivity index (χ3n) is 1.61. The molecule has 0 aromatic carbocycles. The lowest BCUT2D eigenvalue weighted by Gasteiger charge is -2.18. The molecule has 0 aliphatic rings. The molecule has 1 aromatic heterocycles. The SMILES string of the molecule is CCOP(=S)(OCC)Oc1nc(C(C)=O)cs1. The number of nitrogens with zero attached hydrogens (tertiary/aromatic N) is 1. The molecule has 0 radical (unpaired) electrons. The molecule has 0 aliphatic carbocycles. The number of ketones is 1. The lowest BCUT2D eigenvalue weighted by molar-refractivity contribution is 0.101.